The number of quaternary nitrogens is 1. The molecule has 0 radical (unpaired) electrons. The summed E-state index contributed by atoms with van der Waals surface area (Å²) < 4.78 is 12.1. The smallest absolute Gasteiger partial charge is 0.306 e. The van der Waals surface area contributed by atoms with Crippen LogP contribution in [0.25, 0.3) is 0 Å². The van der Waals surface area contributed by atoms with Gasteiger partial charge in [-0.15, -0.1) is 0 Å². The molecular formula is C26H45NO5. The van der Waals surface area contributed by atoms with Crippen molar-refractivity contribution in [2.75, 3.05) is 27.7 Å². The number of carbonyl (C=O) groups is 2. The van der Waals surface area contributed by atoms with Crippen LogP contribution in [-0.4, -0.2) is 50.2 Å². The lowest BCUT2D eigenvalue weighted by atomic mass is 10.0. The molecule has 1 aromatic heterocycles. The number of likely N-dealkylation sites (N-methyl/N-ethyl adjacent to an activating group) is 1. The Bertz CT molecular complexity index is 702. The molecule has 6 heteroatoms. The zero-order chi connectivity index (χ0) is 24.1. The Morgan fingerprint density at radius 1 is 0.906 bits per heavy atom. The molecule has 0 saturated heterocycles. The van der Waals surface area contributed by atoms with E-state index in [2.05, 4.69) is 20.8 Å². The Labute approximate surface area is 194 Å². The first-order chi connectivity index (χ1) is 15.0. The van der Waals surface area contributed by atoms with Gasteiger partial charge in [0.15, 0.2) is 6.10 Å². The number of carboxylic acids is 1. The summed E-state index contributed by atoms with van der Waals surface area (Å²) in [5.41, 5.74) is 2.59. The number of esters is 1. The van der Waals surface area contributed by atoms with Crippen LogP contribution in [0, 0.1) is 13.8 Å². The van der Waals surface area contributed by atoms with Gasteiger partial charge in [-0.05, 0) is 44.2 Å². The van der Waals surface area contributed by atoms with Crippen LogP contribution in [-0.2, 0) is 27.2 Å². The molecular weight excluding hydrogens is 406 g/mol. The first kappa shape index (κ1) is 28.2. The van der Waals surface area contributed by atoms with Gasteiger partial charge in [0.2, 0.25) is 0 Å². The highest BCUT2D eigenvalue weighted by atomic mass is 16.5. The monoisotopic (exact) mass is 451 g/mol. The topological polar surface area (TPSA) is 79.6 Å². The van der Waals surface area contributed by atoms with E-state index in [9.17, 15) is 14.7 Å². The highest BCUT2D eigenvalue weighted by Gasteiger charge is 2.22. The molecule has 1 aromatic rings. The van der Waals surface area contributed by atoms with E-state index in [0.717, 1.165) is 50.0 Å². The summed E-state index contributed by atoms with van der Waals surface area (Å²) in [7, 11) is 5.81. The number of hydrogen-bond donors (Lipinski definition) is 0. The van der Waals surface area contributed by atoms with E-state index in [0.29, 0.717) is 17.4 Å². The molecule has 1 atom stereocenters. The van der Waals surface area contributed by atoms with Crippen molar-refractivity contribution in [1.29, 1.82) is 0 Å². The van der Waals surface area contributed by atoms with Crippen molar-refractivity contribution in [3.8, 4) is 0 Å². The van der Waals surface area contributed by atoms with Crippen LogP contribution in [0.5, 0.6) is 0 Å². The van der Waals surface area contributed by atoms with E-state index in [1.807, 2.05) is 21.1 Å². The van der Waals surface area contributed by atoms with Crippen molar-refractivity contribution in [3.05, 3.63) is 22.6 Å². The van der Waals surface area contributed by atoms with Gasteiger partial charge < -0.3 is 23.5 Å². The molecule has 184 valence electrons. The molecule has 0 fully saturated rings. The Morgan fingerprint density at radius 2 is 1.44 bits per heavy atom. The van der Waals surface area contributed by atoms with Crippen molar-refractivity contribution >= 4 is 11.9 Å². The minimum absolute atomic E-state index is 0.260. The van der Waals surface area contributed by atoms with Crippen LogP contribution in [0.15, 0.2) is 4.42 Å². The number of aryl methyl sites for hydroxylation is 2. The SMILES string of the molecule is CCCCCCc1oc(CCCCCCC(=O)OC(CC(=O)[O-])C[N+](C)(C)C)c(C)c1C. The summed E-state index contributed by atoms with van der Waals surface area (Å²) in [6.07, 6.45) is 10.1. The molecule has 0 aliphatic rings. The molecule has 0 N–H and O–H groups in total. The summed E-state index contributed by atoms with van der Waals surface area (Å²) in [5.74, 6) is 0.743. The molecule has 1 heterocycles. The maximum absolute atomic E-state index is 12.1. The quantitative estimate of drug-likeness (QED) is 0.201. The van der Waals surface area contributed by atoms with Crippen molar-refractivity contribution in [3.63, 3.8) is 0 Å². The highest BCUT2D eigenvalue weighted by Crippen LogP contribution is 2.25. The number of rotatable bonds is 17. The third-order valence-electron chi connectivity index (χ3n) is 5.88. The number of aliphatic carboxylic acids is 1. The number of furan rings is 1. The first-order valence-electron chi connectivity index (χ1n) is 12.3. The molecule has 0 amide bonds. The summed E-state index contributed by atoms with van der Waals surface area (Å²) in [6.45, 7) is 6.99. The van der Waals surface area contributed by atoms with E-state index >= 15 is 0 Å². The number of carbonyl (C=O) groups excluding carboxylic acids is 2. The Hall–Kier alpha value is -1.82. The zero-order valence-electron chi connectivity index (χ0n) is 21.3. The summed E-state index contributed by atoms with van der Waals surface area (Å²) in [4.78, 5) is 23.1. The van der Waals surface area contributed by atoms with Crippen molar-refractivity contribution in [2.45, 2.75) is 104 Å². The summed E-state index contributed by atoms with van der Waals surface area (Å²) >= 11 is 0. The lowest BCUT2D eigenvalue weighted by Gasteiger charge is -2.29. The average molecular weight is 452 g/mol. The Kier molecular flexibility index (Phi) is 12.7. The van der Waals surface area contributed by atoms with Gasteiger partial charge >= 0.3 is 5.97 Å². The standard InChI is InChI=1S/C26H45NO5/c1-7-8-9-12-15-23-20(2)21(3)24(32-23)16-13-10-11-14-17-26(30)31-22(18-25(28)29)19-27(4,5)6/h22H,7-19H2,1-6H3. The van der Waals surface area contributed by atoms with E-state index in [1.54, 1.807) is 0 Å². The van der Waals surface area contributed by atoms with Crippen LogP contribution in [0.3, 0.4) is 0 Å². The lowest BCUT2D eigenvalue weighted by molar-refractivity contribution is -0.873. The van der Waals surface area contributed by atoms with Gasteiger partial charge in [-0.2, -0.15) is 0 Å². The van der Waals surface area contributed by atoms with Crippen molar-refractivity contribution in [2.24, 2.45) is 0 Å². The molecule has 0 bridgehead atoms. The van der Waals surface area contributed by atoms with E-state index in [-0.39, 0.29) is 12.4 Å². The third-order valence-corrected chi connectivity index (χ3v) is 5.88. The van der Waals surface area contributed by atoms with Gasteiger partial charge in [0, 0.05) is 31.7 Å². The van der Waals surface area contributed by atoms with Crippen molar-refractivity contribution in [1.82, 2.24) is 0 Å². The Balaban J connectivity index is 2.31. The van der Waals surface area contributed by atoms with E-state index < -0.39 is 12.1 Å². The molecule has 1 rings (SSSR count). The van der Waals surface area contributed by atoms with Crippen LogP contribution in [0.1, 0.15) is 93.8 Å². The summed E-state index contributed by atoms with van der Waals surface area (Å²) in [5, 5.41) is 10.9. The maximum Gasteiger partial charge on any atom is 0.306 e. The largest absolute Gasteiger partial charge is 0.550 e. The number of nitrogens with zero attached hydrogens (tertiary/aromatic N) is 1. The molecule has 0 saturated carbocycles. The molecule has 6 nitrogen and oxygen atoms in total. The van der Waals surface area contributed by atoms with Gasteiger partial charge in [-0.25, -0.2) is 0 Å². The molecule has 0 spiro atoms. The Morgan fingerprint density at radius 3 is 1.94 bits per heavy atom. The minimum Gasteiger partial charge on any atom is -0.550 e. The number of unbranched alkanes of at least 4 members (excludes halogenated alkanes) is 6. The summed E-state index contributed by atoms with van der Waals surface area (Å²) in [6, 6.07) is 0. The lowest BCUT2D eigenvalue weighted by Crippen LogP contribution is -2.45. The van der Waals surface area contributed by atoms with Gasteiger partial charge in [0.1, 0.15) is 18.1 Å². The predicted molar refractivity (Wildman–Crippen MR) is 125 cm³/mol. The first-order valence-corrected chi connectivity index (χ1v) is 12.3. The van der Waals surface area contributed by atoms with Crippen LogP contribution < -0.4 is 5.11 Å². The van der Waals surface area contributed by atoms with Crippen LogP contribution in [0.2, 0.25) is 0 Å². The maximum atomic E-state index is 12.1. The molecule has 1 unspecified atom stereocenters. The predicted octanol–water partition coefficient (Wildman–Crippen LogP) is 4.27. The molecule has 0 aliphatic heterocycles. The molecule has 0 aromatic carbocycles. The highest BCUT2D eigenvalue weighted by molar-refractivity contribution is 5.70. The third kappa shape index (κ3) is 11.7. The van der Waals surface area contributed by atoms with Gasteiger partial charge in [0.25, 0.3) is 0 Å². The number of ether oxygens (including phenoxy) is 1. The zero-order valence-corrected chi connectivity index (χ0v) is 21.3. The second kappa shape index (κ2) is 14.4. The van der Waals surface area contributed by atoms with E-state index in [1.165, 1.54) is 36.8 Å². The second-order valence-electron chi connectivity index (χ2n) is 10.1. The van der Waals surface area contributed by atoms with Crippen molar-refractivity contribution < 1.29 is 28.3 Å². The number of hydrogen-bond acceptors (Lipinski definition) is 5. The fourth-order valence-electron chi connectivity index (χ4n) is 4.00. The fourth-order valence-corrected chi connectivity index (χ4v) is 4.00. The fraction of sp³-hybridized carbons (Fsp3) is 0.769. The normalized spacial score (nSPS) is 12.7. The minimum atomic E-state index is -1.19. The van der Waals surface area contributed by atoms with Gasteiger partial charge in [-0.1, -0.05) is 39.0 Å². The van der Waals surface area contributed by atoms with Crippen LogP contribution in [0.4, 0.5) is 0 Å². The second-order valence-corrected chi connectivity index (χ2v) is 10.1. The van der Waals surface area contributed by atoms with Gasteiger partial charge in [0.05, 0.1) is 21.1 Å². The average Bonchev–Trinajstić information content (AvgIpc) is 2.94. The van der Waals surface area contributed by atoms with E-state index in [4.69, 9.17) is 9.15 Å². The van der Waals surface area contributed by atoms with Gasteiger partial charge in [-0.3, -0.25) is 4.79 Å². The molecule has 0 aliphatic carbocycles. The number of carboxylic acid groups (broad SMARTS) is 1. The molecule has 32 heavy (non-hydrogen) atoms. The van der Waals surface area contributed by atoms with Crippen LogP contribution >= 0.6 is 0 Å².